The van der Waals surface area contributed by atoms with Gasteiger partial charge in [0.15, 0.2) is 0 Å². The van der Waals surface area contributed by atoms with Gasteiger partial charge in [-0.15, -0.1) is 0 Å². The van der Waals surface area contributed by atoms with Crippen molar-refractivity contribution in [3.05, 3.63) is 99.5 Å². The number of anilines is 2. The topological polar surface area (TPSA) is 120 Å². The van der Waals surface area contributed by atoms with E-state index < -0.39 is 36.1 Å². The predicted molar refractivity (Wildman–Crippen MR) is 174 cm³/mol. The molecule has 0 aromatic heterocycles. The van der Waals surface area contributed by atoms with Crippen LogP contribution in [0.2, 0.25) is 10.0 Å². The van der Waals surface area contributed by atoms with Gasteiger partial charge in [-0.2, -0.15) is 30.7 Å². The summed E-state index contributed by atoms with van der Waals surface area (Å²) < 4.78 is 98.2. The Balaban J connectivity index is 0.000000233. The molecule has 0 amide bonds. The molecule has 49 heavy (non-hydrogen) atoms. The van der Waals surface area contributed by atoms with E-state index in [1.54, 1.807) is 24.3 Å². The third-order valence-corrected chi connectivity index (χ3v) is 7.07. The fourth-order valence-electron chi connectivity index (χ4n) is 3.75. The van der Waals surface area contributed by atoms with Gasteiger partial charge in [-0.05, 0) is 61.9 Å². The lowest BCUT2D eigenvalue weighted by molar-refractivity contribution is -0.249. The number of hydrogen-bond acceptors (Lipinski definition) is 6. The molecule has 0 saturated carbocycles. The van der Waals surface area contributed by atoms with Gasteiger partial charge in [0.2, 0.25) is 0 Å². The van der Waals surface area contributed by atoms with Gasteiger partial charge in [-0.25, -0.2) is 4.79 Å². The molecule has 0 bridgehead atoms. The number of carboxylic acids is 1. The Morgan fingerprint density at radius 1 is 0.755 bits per heavy atom. The van der Waals surface area contributed by atoms with Crippen LogP contribution in [0.1, 0.15) is 23.6 Å². The molecule has 0 aliphatic carbocycles. The number of rotatable bonds is 6. The van der Waals surface area contributed by atoms with Crippen LogP contribution in [-0.2, 0) is 11.2 Å². The van der Waals surface area contributed by atoms with Crippen LogP contribution < -0.4 is 20.9 Å². The van der Waals surface area contributed by atoms with E-state index in [9.17, 15) is 35.5 Å². The Bertz CT molecular complexity index is 1830. The summed E-state index contributed by atoms with van der Waals surface area (Å²) in [4.78, 5) is 12.7. The molecule has 4 aromatic carbocycles. The molecule has 0 unspecified atom stereocenters. The van der Waals surface area contributed by atoms with E-state index in [-0.39, 0.29) is 22.0 Å². The molecular formula is C33H28Cl2F7N3O4. The van der Waals surface area contributed by atoms with Crippen molar-refractivity contribution in [2.45, 2.75) is 45.2 Å². The van der Waals surface area contributed by atoms with Crippen molar-refractivity contribution in [1.82, 2.24) is 0 Å². The molecule has 4 aromatic rings. The van der Waals surface area contributed by atoms with Gasteiger partial charge in [-0.1, -0.05) is 58.6 Å². The Labute approximate surface area is 285 Å². The number of alkyl halides is 7. The van der Waals surface area contributed by atoms with Gasteiger partial charge in [-0.3, -0.25) is 4.99 Å². The smallest absolute Gasteiger partial charge is 0.459 e. The average molecular weight is 734 g/mol. The minimum atomic E-state index is -5.70. The van der Waals surface area contributed by atoms with Gasteiger partial charge < -0.3 is 26.0 Å². The fraction of sp³-hybridized carbons (Fsp3) is 0.212. The van der Waals surface area contributed by atoms with Gasteiger partial charge >= 0.3 is 24.0 Å². The number of ether oxygens (including phenoxy) is 2. The quantitative estimate of drug-likeness (QED) is 0.134. The lowest BCUT2D eigenvalue weighted by Crippen LogP contribution is -2.44. The van der Waals surface area contributed by atoms with Crippen LogP contribution in [-0.4, -0.2) is 34.8 Å². The van der Waals surface area contributed by atoms with E-state index in [1.165, 1.54) is 17.7 Å². The highest BCUT2D eigenvalue weighted by molar-refractivity contribution is 6.33. The highest BCUT2D eigenvalue weighted by Gasteiger charge is 2.61. The standard InChI is InChI=1S/C17H11ClF5NO.C13H13ClN2O.C3H4F2O2/c1-9-2-4-11(5-3-9)25-14-6-10-7-15(16(19,20)17(21,22)23)24-13(10)8-12(14)18;1-8-2-4-9(5-3-8)17-13-7-12(16)11(15)6-10(13)14;1-3(4,5)2(6)7/h2-6,8H,7H2,1H3;2-7H,15-16H2,1H3;1H3,(H,6,7). The highest BCUT2D eigenvalue weighted by Crippen LogP contribution is 2.44. The second-order valence-corrected chi connectivity index (χ2v) is 11.5. The van der Waals surface area contributed by atoms with Crippen molar-refractivity contribution in [3.8, 4) is 23.0 Å². The Kier molecular flexibility index (Phi) is 12.1. The van der Waals surface area contributed by atoms with E-state index in [0.29, 0.717) is 40.6 Å². The Hall–Kier alpha value is -4.69. The number of aryl methyl sites for hydroxylation is 2. The summed E-state index contributed by atoms with van der Waals surface area (Å²) in [6.45, 7) is 4.24. The maximum absolute atomic E-state index is 13.5. The molecule has 5 rings (SSSR count). The van der Waals surface area contributed by atoms with E-state index in [4.69, 9.17) is 49.2 Å². The number of nitrogens with zero attached hydrogens (tertiary/aromatic N) is 1. The Morgan fingerprint density at radius 2 is 1.16 bits per heavy atom. The number of aliphatic imine (C=N–C) groups is 1. The van der Waals surface area contributed by atoms with E-state index in [0.717, 1.165) is 5.56 Å². The minimum absolute atomic E-state index is 0.0137. The van der Waals surface area contributed by atoms with Crippen molar-refractivity contribution in [3.63, 3.8) is 0 Å². The largest absolute Gasteiger partial charge is 0.477 e. The van der Waals surface area contributed by atoms with Crippen LogP contribution in [0.3, 0.4) is 0 Å². The Morgan fingerprint density at radius 3 is 1.59 bits per heavy atom. The van der Waals surface area contributed by atoms with Crippen molar-refractivity contribution in [2.24, 2.45) is 4.99 Å². The van der Waals surface area contributed by atoms with Gasteiger partial charge in [0.1, 0.15) is 28.7 Å². The van der Waals surface area contributed by atoms with Crippen LogP contribution in [0.15, 0.2) is 77.8 Å². The normalized spacial score (nSPS) is 12.4. The molecule has 1 aliphatic rings. The first-order valence-corrected chi connectivity index (χ1v) is 14.6. The van der Waals surface area contributed by atoms with Gasteiger partial charge in [0.25, 0.3) is 0 Å². The summed E-state index contributed by atoms with van der Waals surface area (Å²) in [5.41, 5.74) is 13.4. The zero-order valence-corrected chi connectivity index (χ0v) is 27.3. The average Bonchev–Trinajstić information content (AvgIpc) is 3.41. The molecule has 262 valence electrons. The molecule has 0 radical (unpaired) electrons. The summed E-state index contributed by atoms with van der Waals surface area (Å²) in [7, 11) is 0. The fourth-order valence-corrected chi connectivity index (χ4v) is 4.16. The number of carbonyl (C=O) groups is 1. The third kappa shape index (κ3) is 10.4. The summed E-state index contributed by atoms with van der Waals surface area (Å²) in [5, 5.41) is 8.01. The maximum atomic E-state index is 13.5. The molecule has 0 atom stereocenters. The first kappa shape index (κ1) is 38.8. The lowest BCUT2D eigenvalue weighted by atomic mass is 10.1. The van der Waals surface area contributed by atoms with Crippen molar-refractivity contribution >= 4 is 51.9 Å². The van der Waals surface area contributed by atoms with Crippen molar-refractivity contribution in [1.29, 1.82) is 0 Å². The van der Waals surface area contributed by atoms with Crippen LogP contribution >= 0.6 is 23.2 Å². The zero-order valence-electron chi connectivity index (χ0n) is 25.8. The second kappa shape index (κ2) is 15.2. The molecule has 1 aliphatic heterocycles. The number of benzene rings is 4. The summed E-state index contributed by atoms with van der Waals surface area (Å²) in [6.07, 6.45) is -6.32. The summed E-state index contributed by atoms with van der Waals surface area (Å²) in [5.74, 6) is -8.82. The van der Waals surface area contributed by atoms with Crippen molar-refractivity contribution < 1.29 is 50.1 Å². The van der Waals surface area contributed by atoms with E-state index in [2.05, 4.69) is 4.99 Å². The number of hydrogen-bond donors (Lipinski definition) is 3. The van der Waals surface area contributed by atoms with Crippen LogP contribution in [0.25, 0.3) is 0 Å². The maximum Gasteiger partial charge on any atom is 0.459 e. The zero-order chi connectivity index (χ0) is 36.9. The first-order valence-electron chi connectivity index (χ1n) is 13.9. The first-order chi connectivity index (χ1) is 22.6. The van der Waals surface area contributed by atoms with Crippen LogP contribution in [0.4, 0.5) is 47.8 Å². The van der Waals surface area contributed by atoms with E-state index in [1.807, 2.05) is 50.2 Å². The number of aliphatic carboxylic acids is 1. The molecule has 1 heterocycles. The van der Waals surface area contributed by atoms with Gasteiger partial charge in [0, 0.05) is 19.4 Å². The predicted octanol–water partition coefficient (Wildman–Crippen LogP) is 10.6. The molecular weight excluding hydrogens is 706 g/mol. The molecule has 5 N–H and O–H groups in total. The molecule has 0 fully saturated rings. The second-order valence-electron chi connectivity index (χ2n) is 10.7. The minimum Gasteiger partial charge on any atom is -0.477 e. The summed E-state index contributed by atoms with van der Waals surface area (Å²) >= 11 is 12.1. The van der Waals surface area contributed by atoms with Gasteiger partial charge in [0.05, 0.1) is 27.1 Å². The molecule has 0 saturated heterocycles. The highest BCUT2D eigenvalue weighted by atomic mass is 35.5. The number of halogens is 9. The third-order valence-electron chi connectivity index (χ3n) is 6.48. The number of carboxylic acid groups (broad SMARTS) is 1. The number of nitrogens with two attached hydrogens (primary N) is 2. The van der Waals surface area contributed by atoms with Crippen molar-refractivity contribution in [2.75, 3.05) is 11.5 Å². The monoisotopic (exact) mass is 733 g/mol. The molecule has 16 heteroatoms. The lowest BCUT2D eigenvalue weighted by Gasteiger charge is -2.19. The molecule has 7 nitrogen and oxygen atoms in total. The SMILES string of the molecule is CC(F)(F)C(=O)O.Cc1ccc(Oc2cc(N)c(N)cc2Cl)cc1.Cc1ccc(Oc2cc3c(cc2Cl)N=C(C(F)(F)C(F)(F)F)C3)cc1. The molecule has 0 spiro atoms. The summed E-state index contributed by atoms with van der Waals surface area (Å²) in [6, 6.07) is 20.4. The number of fused-ring (bicyclic) bond motifs is 1. The number of nitrogen functional groups attached to an aromatic ring is 2. The van der Waals surface area contributed by atoms with E-state index >= 15 is 0 Å². The van der Waals surface area contributed by atoms with Crippen LogP contribution in [0.5, 0.6) is 23.0 Å². The van der Waals surface area contributed by atoms with Crippen LogP contribution in [0, 0.1) is 13.8 Å².